The fourth-order valence-corrected chi connectivity index (χ4v) is 2.57. The van der Waals surface area contributed by atoms with Crippen LogP contribution in [0.1, 0.15) is 43.0 Å². The van der Waals surface area contributed by atoms with Crippen LogP contribution >= 0.6 is 0 Å². The Morgan fingerprint density at radius 2 is 1.86 bits per heavy atom. The lowest BCUT2D eigenvalue weighted by atomic mass is 10.0. The van der Waals surface area contributed by atoms with Crippen LogP contribution in [-0.2, 0) is 0 Å². The number of likely N-dealkylation sites (tertiary alicyclic amines) is 1. The zero-order chi connectivity index (χ0) is 15.8. The van der Waals surface area contributed by atoms with E-state index in [-0.39, 0.29) is 18.0 Å². The molecule has 120 valence electrons. The summed E-state index contributed by atoms with van der Waals surface area (Å²) in [6, 6.07) is 9.40. The standard InChI is InChI=1S/C17H25N3O2/c1-2-3-11-18-17(22)20-12-9-15(10-13-20)19-16(21)14-7-5-4-6-8-14/h4-8,15H,2-3,9-13H2,1H3,(H,18,22)(H,19,21). The first-order valence-corrected chi connectivity index (χ1v) is 8.09. The molecule has 0 unspecified atom stereocenters. The molecule has 0 aliphatic carbocycles. The molecule has 1 heterocycles. The predicted octanol–water partition coefficient (Wildman–Crippen LogP) is 2.39. The minimum absolute atomic E-state index is 0.0151. The van der Waals surface area contributed by atoms with Crippen molar-refractivity contribution in [1.82, 2.24) is 15.5 Å². The number of benzene rings is 1. The molecule has 0 radical (unpaired) electrons. The number of carbonyl (C=O) groups is 2. The van der Waals surface area contributed by atoms with Gasteiger partial charge in [0.25, 0.3) is 5.91 Å². The molecule has 2 rings (SSSR count). The molecule has 1 aromatic rings. The highest BCUT2D eigenvalue weighted by Crippen LogP contribution is 2.11. The predicted molar refractivity (Wildman–Crippen MR) is 86.8 cm³/mol. The number of carbonyl (C=O) groups excluding carboxylic acids is 2. The summed E-state index contributed by atoms with van der Waals surface area (Å²) in [6.45, 7) is 4.22. The molecule has 1 saturated heterocycles. The van der Waals surface area contributed by atoms with Crippen LogP contribution in [0, 0.1) is 0 Å². The molecule has 1 fully saturated rings. The molecule has 2 N–H and O–H groups in total. The van der Waals surface area contributed by atoms with Gasteiger partial charge in [-0.05, 0) is 31.4 Å². The van der Waals surface area contributed by atoms with Crippen molar-refractivity contribution in [3.05, 3.63) is 35.9 Å². The van der Waals surface area contributed by atoms with E-state index in [1.54, 1.807) is 0 Å². The minimum atomic E-state index is -0.0357. The lowest BCUT2D eigenvalue weighted by molar-refractivity contribution is 0.0918. The number of unbranched alkanes of at least 4 members (excludes halogenated alkanes) is 1. The molecule has 0 bridgehead atoms. The maximum atomic E-state index is 12.1. The summed E-state index contributed by atoms with van der Waals surface area (Å²) >= 11 is 0. The van der Waals surface area contributed by atoms with Crippen molar-refractivity contribution >= 4 is 11.9 Å². The van der Waals surface area contributed by atoms with E-state index in [9.17, 15) is 9.59 Å². The van der Waals surface area contributed by atoms with Crippen molar-refractivity contribution in [3.63, 3.8) is 0 Å². The summed E-state index contributed by atoms with van der Waals surface area (Å²) in [6.07, 6.45) is 3.70. The number of hydrogen-bond acceptors (Lipinski definition) is 2. The first kappa shape index (κ1) is 16.3. The van der Waals surface area contributed by atoms with Gasteiger partial charge in [0, 0.05) is 31.2 Å². The summed E-state index contributed by atoms with van der Waals surface area (Å²) in [5.74, 6) is -0.0357. The lowest BCUT2D eigenvalue weighted by Crippen LogP contribution is -2.49. The number of rotatable bonds is 5. The van der Waals surface area contributed by atoms with Crippen LogP contribution in [0.15, 0.2) is 30.3 Å². The molecule has 5 heteroatoms. The molecule has 1 aromatic carbocycles. The monoisotopic (exact) mass is 303 g/mol. The highest BCUT2D eigenvalue weighted by atomic mass is 16.2. The van der Waals surface area contributed by atoms with E-state index in [1.165, 1.54) is 0 Å². The van der Waals surface area contributed by atoms with E-state index >= 15 is 0 Å². The third-order valence-corrected chi connectivity index (χ3v) is 3.96. The average molecular weight is 303 g/mol. The van der Waals surface area contributed by atoms with Gasteiger partial charge in [0.2, 0.25) is 0 Å². The van der Waals surface area contributed by atoms with E-state index in [2.05, 4.69) is 17.6 Å². The van der Waals surface area contributed by atoms with E-state index in [0.29, 0.717) is 18.7 Å². The van der Waals surface area contributed by atoms with Gasteiger partial charge >= 0.3 is 6.03 Å². The summed E-state index contributed by atoms with van der Waals surface area (Å²) < 4.78 is 0. The highest BCUT2D eigenvalue weighted by Gasteiger charge is 2.23. The third-order valence-electron chi connectivity index (χ3n) is 3.96. The maximum Gasteiger partial charge on any atom is 0.317 e. The maximum absolute atomic E-state index is 12.1. The molecular formula is C17H25N3O2. The van der Waals surface area contributed by atoms with Gasteiger partial charge in [-0.3, -0.25) is 4.79 Å². The zero-order valence-electron chi connectivity index (χ0n) is 13.2. The summed E-state index contributed by atoms with van der Waals surface area (Å²) in [7, 11) is 0. The topological polar surface area (TPSA) is 61.4 Å². The van der Waals surface area contributed by atoms with Crippen molar-refractivity contribution in [2.24, 2.45) is 0 Å². The number of amides is 3. The lowest BCUT2D eigenvalue weighted by Gasteiger charge is -2.32. The van der Waals surface area contributed by atoms with Gasteiger partial charge in [0.05, 0.1) is 0 Å². The summed E-state index contributed by atoms with van der Waals surface area (Å²) in [5, 5.41) is 5.98. The highest BCUT2D eigenvalue weighted by molar-refractivity contribution is 5.94. The minimum Gasteiger partial charge on any atom is -0.349 e. The zero-order valence-corrected chi connectivity index (χ0v) is 13.2. The van der Waals surface area contributed by atoms with Gasteiger partial charge in [0.1, 0.15) is 0 Å². The Hall–Kier alpha value is -2.04. The first-order chi connectivity index (χ1) is 10.7. The van der Waals surface area contributed by atoms with Crippen molar-refractivity contribution in [2.75, 3.05) is 19.6 Å². The second-order valence-electron chi connectivity index (χ2n) is 5.69. The van der Waals surface area contributed by atoms with Crippen LogP contribution in [-0.4, -0.2) is 42.5 Å². The third kappa shape index (κ3) is 4.76. The van der Waals surface area contributed by atoms with E-state index in [1.807, 2.05) is 35.2 Å². The smallest absolute Gasteiger partial charge is 0.317 e. The van der Waals surface area contributed by atoms with Crippen LogP contribution < -0.4 is 10.6 Å². The Labute approximate surface area is 132 Å². The van der Waals surface area contributed by atoms with Crippen molar-refractivity contribution in [2.45, 2.75) is 38.6 Å². The van der Waals surface area contributed by atoms with Gasteiger partial charge in [0.15, 0.2) is 0 Å². The van der Waals surface area contributed by atoms with Gasteiger partial charge in [-0.25, -0.2) is 4.79 Å². The Kier molecular flexibility index (Phi) is 6.25. The molecule has 1 aliphatic rings. The number of urea groups is 1. The second kappa shape index (κ2) is 8.41. The largest absolute Gasteiger partial charge is 0.349 e. The van der Waals surface area contributed by atoms with Gasteiger partial charge in [-0.1, -0.05) is 31.5 Å². The molecule has 1 aliphatic heterocycles. The quantitative estimate of drug-likeness (QED) is 0.821. The normalized spacial score (nSPS) is 15.4. The number of nitrogens with one attached hydrogen (secondary N) is 2. The van der Waals surface area contributed by atoms with E-state index in [0.717, 1.165) is 32.2 Å². The van der Waals surface area contributed by atoms with Crippen LogP contribution in [0.25, 0.3) is 0 Å². The van der Waals surface area contributed by atoms with Gasteiger partial charge in [-0.2, -0.15) is 0 Å². The van der Waals surface area contributed by atoms with E-state index in [4.69, 9.17) is 0 Å². The number of piperidine rings is 1. The van der Waals surface area contributed by atoms with Crippen molar-refractivity contribution < 1.29 is 9.59 Å². The second-order valence-corrected chi connectivity index (χ2v) is 5.69. The Balaban J connectivity index is 1.73. The molecule has 0 spiro atoms. The van der Waals surface area contributed by atoms with E-state index < -0.39 is 0 Å². The summed E-state index contributed by atoms with van der Waals surface area (Å²) in [4.78, 5) is 25.9. The molecular weight excluding hydrogens is 278 g/mol. The average Bonchev–Trinajstić information content (AvgIpc) is 2.56. The summed E-state index contributed by atoms with van der Waals surface area (Å²) in [5.41, 5.74) is 0.683. The van der Waals surface area contributed by atoms with Gasteiger partial charge < -0.3 is 15.5 Å². The fourth-order valence-electron chi connectivity index (χ4n) is 2.57. The first-order valence-electron chi connectivity index (χ1n) is 8.09. The van der Waals surface area contributed by atoms with Crippen LogP contribution in [0.2, 0.25) is 0 Å². The molecule has 3 amide bonds. The molecule has 0 aromatic heterocycles. The van der Waals surface area contributed by atoms with Gasteiger partial charge in [-0.15, -0.1) is 0 Å². The molecule has 0 atom stereocenters. The number of nitrogens with zero attached hydrogens (tertiary/aromatic N) is 1. The Bertz CT molecular complexity index is 482. The van der Waals surface area contributed by atoms with Crippen molar-refractivity contribution in [3.8, 4) is 0 Å². The fraction of sp³-hybridized carbons (Fsp3) is 0.529. The number of hydrogen-bond donors (Lipinski definition) is 2. The SMILES string of the molecule is CCCCNC(=O)N1CCC(NC(=O)c2ccccc2)CC1. The molecule has 22 heavy (non-hydrogen) atoms. The Morgan fingerprint density at radius 1 is 1.18 bits per heavy atom. The molecule has 5 nitrogen and oxygen atoms in total. The van der Waals surface area contributed by atoms with Crippen LogP contribution in [0.3, 0.4) is 0 Å². The molecule has 0 saturated carbocycles. The van der Waals surface area contributed by atoms with Crippen LogP contribution in [0.5, 0.6) is 0 Å². The Morgan fingerprint density at radius 3 is 2.50 bits per heavy atom. The van der Waals surface area contributed by atoms with Crippen molar-refractivity contribution in [1.29, 1.82) is 0 Å². The van der Waals surface area contributed by atoms with Crippen LogP contribution in [0.4, 0.5) is 4.79 Å².